The molecule has 3 nitrogen and oxygen atoms in total. The molecule has 2 aliphatic heterocycles. The number of likely N-dealkylation sites (tertiary alicyclic amines) is 2. The van der Waals surface area contributed by atoms with Gasteiger partial charge in [0, 0.05) is 24.1 Å². The van der Waals surface area contributed by atoms with Gasteiger partial charge in [0.25, 0.3) is 5.91 Å². The van der Waals surface area contributed by atoms with Gasteiger partial charge < -0.3 is 9.80 Å². The molecule has 2 aliphatic rings. The number of rotatable bonds is 3. The quantitative estimate of drug-likeness (QED) is 0.639. The molecule has 1 aromatic rings. The summed E-state index contributed by atoms with van der Waals surface area (Å²) >= 11 is 8.48. The van der Waals surface area contributed by atoms with E-state index < -0.39 is 0 Å². The Bertz CT molecular complexity index is 535. The number of hydrogen-bond acceptors (Lipinski definition) is 3. The van der Waals surface area contributed by atoms with E-state index in [-0.39, 0.29) is 5.91 Å². The molecule has 0 radical (unpaired) electrons. The summed E-state index contributed by atoms with van der Waals surface area (Å²) in [4.78, 5) is 18.2. The maximum atomic E-state index is 12.7. The number of thiophene rings is 1. The molecule has 0 N–H and O–H groups in total. The maximum Gasteiger partial charge on any atom is 0.264 e. The van der Waals surface area contributed by atoms with Crippen molar-refractivity contribution >= 4 is 49.1 Å². The fourth-order valence-electron chi connectivity index (χ4n) is 3.62. The van der Waals surface area contributed by atoms with Crippen molar-refractivity contribution in [3.63, 3.8) is 0 Å². The van der Waals surface area contributed by atoms with Crippen LogP contribution in [-0.2, 0) is 0 Å². The average Bonchev–Trinajstić information content (AvgIpc) is 2.88. The Morgan fingerprint density at radius 3 is 2.65 bits per heavy atom. The van der Waals surface area contributed by atoms with Crippen molar-refractivity contribution < 1.29 is 4.79 Å². The Morgan fingerprint density at radius 1 is 1.26 bits per heavy atom. The first-order valence-electron chi connectivity index (χ1n) is 8.49. The fourth-order valence-corrected chi connectivity index (χ4v) is 5.62. The van der Waals surface area contributed by atoms with Crippen molar-refractivity contribution in [2.45, 2.75) is 32.6 Å². The first-order valence-corrected chi connectivity index (χ1v) is 10.9. The highest BCUT2D eigenvalue weighted by atomic mass is 79.9. The lowest BCUT2D eigenvalue weighted by atomic mass is 9.94. The number of piperidine rings is 2. The van der Waals surface area contributed by atoms with Crippen LogP contribution in [0.25, 0.3) is 0 Å². The summed E-state index contributed by atoms with van der Waals surface area (Å²) in [7, 11) is 0. The van der Waals surface area contributed by atoms with Crippen molar-refractivity contribution in [2.75, 3.05) is 32.7 Å². The van der Waals surface area contributed by atoms with E-state index in [0.29, 0.717) is 5.92 Å². The monoisotopic (exact) mass is 462 g/mol. The maximum absolute atomic E-state index is 12.7. The van der Waals surface area contributed by atoms with E-state index in [4.69, 9.17) is 0 Å². The number of carbonyl (C=O) groups excluding carboxylic acids is 1. The molecule has 128 valence electrons. The first kappa shape index (κ1) is 17.9. The largest absolute Gasteiger partial charge is 0.338 e. The molecule has 0 aromatic carbocycles. The topological polar surface area (TPSA) is 23.6 Å². The van der Waals surface area contributed by atoms with Gasteiger partial charge in [-0.3, -0.25) is 4.79 Å². The van der Waals surface area contributed by atoms with Crippen LogP contribution in [0.1, 0.15) is 42.3 Å². The van der Waals surface area contributed by atoms with Crippen molar-refractivity contribution in [3.8, 4) is 0 Å². The summed E-state index contributed by atoms with van der Waals surface area (Å²) < 4.78 is 1.97. The Morgan fingerprint density at radius 2 is 2.00 bits per heavy atom. The summed E-state index contributed by atoms with van der Waals surface area (Å²) in [5.41, 5.74) is 0. The highest BCUT2D eigenvalue weighted by molar-refractivity contribution is 9.13. The van der Waals surface area contributed by atoms with E-state index in [0.717, 1.165) is 45.1 Å². The van der Waals surface area contributed by atoms with Crippen LogP contribution < -0.4 is 0 Å². The van der Waals surface area contributed by atoms with Gasteiger partial charge in [0.15, 0.2) is 0 Å². The lowest BCUT2D eigenvalue weighted by Gasteiger charge is -2.37. The van der Waals surface area contributed by atoms with Crippen LogP contribution in [0.4, 0.5) is 0 Å². The number of hydrogen-bond donors (Lipinski definition) is 0. The van der Waals surface area contributed by atoms with Gasteiger partial charge in [-0.2, -0.15) is 0 Å². The second kappa shape index (κ2) is 7.98. The molecule has 1 amide bonds. The van der Waals surface area contributed by atoms with Gasteiger partial charge in [-0.15, -0.1) is 11.3 Å². The summed E-state index contributed by atoms with van der Waals surface area (Å²) in [6.07, 6.45) is 5.04. The Hall–Kier alpha value is 0.0900. The van der Waals surface area contributed by atoms with Gasteiger partial charge in [0.1, 0.15) is 0 Å². The molecule has 6 heteroatoms. The van der Waals surface area contributed by atoms with E-state index in [1.165, 1.54) is 43.7 Å². The van der Waals surface area contributed by atoms with Crippen LogP contribution in [0.2, 0.25) is 0 Å². The fraction of sp³-hybridized carbons (Fsp3) is 0.706. The predicted octanol–water partition coefficient (Wildman–Crippen LogP) is 4.86. The minimum atomic E-state index is 0.193. The number of nitrogens with zero attached hydrogens (tertiary/aromatic N) is 2. The zero-order chi connectivity index (χ0) is 16.4. The lowest BCUT2D eigenvalue weighted by Crippen LogP contribution is -2.45. The van der Waals surface area contributed by atoms with Crippen LogP contribution in [-0.4, -0.2) is 48.4 Å². The van der Waals surface area contributed by atoms with Crippen LogP contribution >= 0.6 is 43.2 Å². The second-order valence-corrected chi connectivity index (χ2v) is 10.2. The number of carbonyl (C=O) groups is 1. The molecule has 0 aliphatic carbocycles. The second-order valence-electron chi connectivity index (χ2n) is 6.97. The molecule has 0 spiro atoms. The van der Waals surface area contributed by atoms with Gasteiger partial charge in [0.2, 0.25) is 0 Å². The summed E-state index contributed by atoms with van der Waals surface area (Å²) in [6.45, 7) is 7.80. The van der Waals surface area contributed by atoms with Crippen molar-refractivity contribution in [1.82, 2.24) is 9.80 Å². The molecular formula is C17H24Br2N2OS. The van der Waals surface area contributed by atoms with Crippen LogP contribution in [0, 0.1) is 11.8 Å². The molecule has 0 bridgehead atoms. The molecule has 1 aromatic heterocycles. The molecule has 3 heterocycles. The smallest absolute Gasteiger partial charge is 0.264 e. The molecule has 3 rings (SSSR count). The van der Waals surface area contributed by atoms with Crippen molar-refractivity contribution in [1.29, 1.82) is 0 Å². The van der Waals surface area contributed by atoms with Crippen LogP contribution in [0.15, 0.2) is 14.3 Å². The zero-order valence-electron chi connectivity index (χ0n) is 13.6. The van der Waals surface area contributed by atoms with Gasteiger partial charge in [-0.1, -0.05) is 6.92 Å². The lowest BCUT2D eigenvalue weighted by molar-refractivity contribution is 0.0627. The van der Waals surface area contributed by atoms with Crippen molar-refractivity contribution in [3.05, 3.63) is 19.2 Å². The minimum Gasteiger partial charge on any atom is -0.338 e. The van der Waals surface area contributed by atoms with Gasteiger partial charge in [0.05, 0.1) is 8.66 Å². The van der Waals surface area contributed by atoms with E-state index in [9.17, 15) is 4.79 Å². The Labute approximate surface area is 159 Å². The van der Waals surface area contributed by atoms with Crippen LogP contribution in [0.3, 0.4) is 0 Å². The van der Waals surface area contributed by atoms with Crippen LogP contribution in [0.5, 0.6) is 0 Å². The summed E-state index contributed by atoms with van der Waals surface area (Å²) in [5.74, 6) is 1.71. The molecule has 0 saturated carbocycles. The number of halogens is 2. The number of amides is 1. The third kappa shape index (κ3) is 4.59. The molecule has 2 fully saturated rings. The van der Waals surface area contributed by atoms with E-state index >= 15 is 0 Å². The Balaban J connectivity index is 1.56. The van der Waals surface area contributed by atoms with E-state index in [1.54, 1.807) is 0 Å². The van der Waals surface area contributed by atoms with Gasteiger partial charge in [-0.05, 0) is 88.5 Å². The predicted molar refractivity (Wildman–Crippen MR) is 103 cm³/mol. The third-order valence-electron chi connectivity index (χ3n) is 5.05. The first-order chi connectivity index (χ1) is 11.0. The third-order valence-corrected chi connectivity index (χ3v) is 8.30. The zero-order valence-corrected chi connectivity index (χ0v) is 17.6. The molecule has 1 unspecified atom stereocenters. The average molecular weight is 464 g/mol. The molecule has 23 heavy (non-hydrogen) atoms. The summed E-state index contributed by atoms with van der Waals surface area (Å²) in [6, 6.07) is 1.94. The van der Waals surface area contributed by atoms with Gasteiger partial charge >= 0.3 is 0 Å². The Kier molecular flexibility index (Phi) is 6.21. The standard InChI is InChI=1S/C17H24Br2N2OS/c1-12-4-7-20(8-5-12)10-13-3-2-6-21(11-13)17(22)15-9-14(18)16(19)23-15/h9,12-13H,2-8,10-11H2,1H3. The van der Waals surface area contributed by atoms with E-state index in [2.05, 4.69) is 48.6 Å². The minimum absolute atomic E-state index is 0.193. The SMILES string of the molecule is CC1CCN(CC2CCCN(C(=O)c3cc(Br)c(Br)s3)C2)CC1. The summed E-state index contributed by atoms with van der Waals surface area (Å²) in [5, 5.41) is 0. The highest BCUT2D eigenvalue weighted by Crippen LogP contribution is 2.33. The van der Waals surface area contributed by atoms with Gasteiger partial charge in [-0.25, -0.2) is 0 Å². The molecule has 1 atom stereocenters. The normalized spacial score (nSPS) is 24.1. The van der Waals surface area contributed by atoms with E-state index in [1.807, 2.05) is 6.07 Å². The highest BCUT2D eigenvalue weighted by Gasteiger charge is 2.28. The molecule has 2 saturated heterocycles. The van der Waals surface area contributed by atoms with Crippen molar-refractivity contribution in [2.24, 2.45) is 11.8 Å². The molecular weight excluding hydrogens is 440 g/mol.